The van der Waals surface area contributed by atoms with Crippen LogP contribution in [0.2, 0.25) is 0 Å². The molecule has 2 atom stereocenters. The maximum Gasteiger partial charge on any atom is 0.472 e. The summed E-state index contributed by atoms with van der Waals surface area (Å²) in [4.78, 5) is 35.5. The van der Waals surface area contributed by atoms with Crippen molar-refractivity contribution in [2.45, 2.75) is 206 Å². The van der Waals surface area contributed by atoms with Gasteiger partial charge in [0.15, 0.2) is 6.10 Å². The quantitative estimate of drug-likeness (QED) is 0.0212. The van der Waals surface area contributed by atoms with Gasteiger partial charge in [0.1, 0.15) is 19.8 Å². The summed E-state index contributed by atoms with van der Waals surface area (Å²) in [6, 6.07) is 0. The minimum absolute atomic E-state index is 0.0253. The number of carbonyl (C=O) groups is 2. The Morgan fingerprint density at radius 2 is 0.902 bits per heavy atom. The zero-order chi connectivity index (χ0) is 45.0. The standard InChI is InChI=1S/C51H92NO8P/c1-6-8-10-12-14-16-18-20-22-23-24-25-26-27-28-29-30-32-34-36-38-40-42-44-51(54)60-49(48-59-61(55,56)58-46-45-52(3,4)5)47-57-50(53)43-41-39-37-35-33-31-21-19-17-15-13-11-9-7-2/h13,15,18-21,23-24,26-27,49H,6-12,14,16-17,22,25,28-48H2,1-5H3/p+1/b15-13-,20-18-,21-19-,24-23-,27-26-. The Balaban J connectivity index is 4.30. The largest absolute Gasteiger partial charge is 0.472 e. The van der Waals surface area contributed by atoms with Crippen LogP contribution in [-0.4, -0.2) is 74.9 Å². The topological polar surface area (TPSA) is 108 Å². The molecule has 2 unspecified atom stereocenters. The van der Waals surface area contributed by atoms with Gasteiger partial charge in [-0.15, -0.1) is 0 Å². The lowest BCUT2D eigenvalue weighted by Crippen LogP contribution is -2.37. The molecule has 0 aromatic carbocycles. The van der Waals surface area contributed by atoms with Crippen molar-refractivity contribution in [1.29, 1.82) is 0 Å². The number of likely N-dealkylation sites (N-methyl/N-ethyl adjacent to an activating group) is 1. The number of unbranched alkanes of at least 4 members (excludes halogenated alkanes) is 20. The molecule has 354 valence electrons. The van der Waals surface area contributed by atoms with E-state index in [-0.39, 0.29) is 32.0 Å². The number of hydrogen-bond acceptors (Lipinski definition) is 7. The molecule has 0 saturated carbocycles. The van der Waals surface area contributed by atoms with Crippen molar-refractivity contribution in [3.8, 4) is 0 Å². The Morgan fingerprint density at radius 3 is 1.36 bits per heavy atom. The van der Waals surface area contributed by atoms with Gasteiger partial charge in [0, 0.05) is 12.8 Å². The summed E-state index contributed by atoms with van der Waals surface area (Å²) in [7, 11) is 1.46. The molecular formula is C51H93NO8P+. The maximum atomic E-state index is 12.7. The first kappa shape index (κ1) is 58.7. The molecule has 0 spiro atoms. The number of allylic oxidation sites excluding steroid dienone is 10. The van der Waals surface area contributed by atoms with E-state index < -0.39 is 26.5 Å². The van der Waals surface area contributed by atoms with Crippen LogP contribution in [0.3, 0.4) is 0 Å². The van der Waals surface area contributed by atoms with Crippen molar-refractivity contribution in [3.63, 3.8) is 0 Å². The van der Waals surface area contributed by atoms with Crippen molar-refractivity contribution in [3.05, 3.63) is 60.8 Å². The van der Waals surface area contributed by atoms with E-state index in [2.05, 4.69) is 74.6 Å². The summed E-state index contributed by atoms with van der Waals surface area (Å²) in [5.74, 6) is -0.824. The molecule has 0 bridgehead atoms. The minimum atomic E-state index is -4.39. The fraction of sp³-hybridized carbons (Fsp3) is 0.765. The summed E-state index contributed by atoms with van der Waals surface area (Å²) < 4.78 is 34.4. The Labute approximate surface area is 375 Å². The van der Waals surface area contributed by atoms with Gasteiger partial charge in [0.2, 0.25) is 0 Å². The molecule has 0 aromatic rings. The van der Waals surface area contributed by atoms with Gasteiger partial charge in [0.05, 0.1) is 27.7 Å². The molecule has 0 rings (SSSR count). The lowest BCUT2D eigenvalue weighted by Gasteiger charge is -2.24. The van der Waals surface area contributed by atoms with Crippen molar-refractivity contribution >= 4 is 19.8 Å². The third-order valence-electron chi connectivity index (χ3n) is 10.3. The van der Waals surface area contributed by atoms with Gasteiger partial charge < -0.3 is 18.9 Å². The summed E-state index contributed by atoms with van der Waals surface area (Å²) in [5, 5.41) is 0. The first-order valence-corrected chi connectivity index (χ1v) is 26.0. The van der Waals surface area contributed by atoms with Crippen LogP contribution in [0.25, 0.3) is 0 Å². The van der Waals surface area contributed by atoms with E-state index in [9.17, 15) is 19.0 Å². The molecule has 0 heterocycles. The summed E-state index contributed by atoms with van der Waals surface area (Å²) >= 11 is 0. The van der Waals surface area contributed by atoms with E-state index >= 15 is 0 Å². The molecular weight excluding hydrogens is 786 g/mol. The number of quaternary nitrogens is 1. The van der Waals surface area contributed by atoms with Gasteiger partial charge in [0.25, 0.3) is 0 Å². The third kappa shape index (κ3) is 47.0. The molecule has 10 heteroatoms. The maximum absolute atomic E-state index is 12.7. The lowest BCUT2D eigenvalue weighted by molar-refractivity contribution is -0.870. The normalized spacial score (nSPS) is 14.0. The molecule has 0 aliphatic carbocycles. The number of nitrogens with zero attached hydrogens (tertiary/aromatic N) is 1. The molecule has 0 radical (unpaired) electrons. The molecule has 0 aliphatic rings. The number of phosphoric acid groups is 1. The van der Waals surface area contributed by atoms with Crippen LogP contribution in [0.5, 0.6) is 0 Å². The zero-order valence-electron chi connectivity index (χ0n) is 39.9. The predicted octanol–water partition coefficient (Wildman–Crippen LogP) is 14.4. The van der Waals surface area contributed by atoms with Gasteiger partial charge >= 0.3 is 19.8 Å². The number of phosphoric ester groups is 1. The highest BCUT2D eigenvalue weighted by atomic mass is 31.2. The van der Waals surface area contributed by atoms with E-state index in [0.29, 0.717) is 17.4 Å². The average molecular weight is 879 g/mol. The molecule has 9 nitrogen and oxygen atoms in total. The van der Waals surface area contributed by atoms with E-state index in [1.165, 1.54) is 77.0 Å². The molecule has 0 amide bonds. The molecule has 0 fully saturated rings. The smallest absolute Gasteiger partial charge is 0.462 e. The lowest BCUT2D eigenvalue weighted by atomic mass is 10.1. The molecule has 0 aromatic heterocycles. The zero-order valence-corrected chi connectivity index (χ0v) is 40.8. The number of hydrogen-bond donors (Lipinski definition) is 1. The van der Waals surface area contributed by atoms with E-state index in [1.54, 1.807) is 0 Å². The van der Waals surface area contributed by atoms with Crippen LogP contribution < -0.4 is 0 Å². The fourth-order valence-corrected chi connectivity index (χ4v) is 7.13. The summed E-state index contributed by atoms with van der Waals surface area (Å²) in [6.45, 7) is 4.35. The van der Waals surface area contributed by atoms with Crippen LogP contribution in [0.1, 0.15) is 200 Å². The number of carbonyl (C=O) groups excluding carboxylic acids is 2. The van der Waals surface area contributed by atoms with Crippen LogP contribution in [0.4, 0.5) is 0 Å². The highest BCUT2D eigenvalue weighted by Crippen LogP contribution is 2.43. The highest BCUT2D eigenvalue weighted by molar-refractivity contribution is 7.47. The predicted molar refractivity (Wildman–Crippen MR) is 256 cm³/mol. The van der Waals surface area contributed by atoms with Crippen molar-refractivity contribution < 1.29 is 42.1 Å². The summed E-state index contributed by atoms with van der Waals surface area (Å²) in [6.07, 6.45) is 52.7. The van der Waals surface area contributed by atoms with Crippen LogP contribution in [0, 0.1) is 0 Å². The SMILES string of the molecule is CCCC/C=C\C/C=C\CCCCCCCC(=O)OCC(COP(=O)(O)OCC[N+](C)(C)C)OC(=O)CCCCCCCCCC/C=C\C/C=C\C/C=C\CCCCCCC. The number of rotatable bonds is 44. The first-order valence-electron chi connectivity index (χ1n) is 24.5. The summed E-state index contributed by atoms with van der Waals surface area (Å²) in [5.41, 5.74) is 0. The van der Waals surface area contributed by atoms with Gasteiger partial charge in [-0.3, -0.25) is 18.6 Å². The Morgan fingerprint density at radius 1 is 0.508 bits per heavy atom. The highest BCUT2D eigenvalue weighted by Gasteiger charge is 2.27. The van der Waals surface area contributed by atoms with E-state index in [1.807, 2.05) is 21.1 Å². The first-order chi connectivity index (χ1) is 29.5. The van der Waals surface area contributed by atoms with Gasteiger partial charge in [-0.05, 0) is 77.0 Å². The third-order valence-corrected chi connectivity index (χ3v) is 11.3. The average Bonchev–Trinajstić information content (AvgIpc) is 3.21. The van der Waals surface area contributed by atoms with Crippen molar-refractivity contribution in [2.24, 2.45) is 0 Å². The van der Waals surface area contributed by atoms with Gasteiger partial charge in [-0.25, -0.2) is 4.57 Å². The second-order valence-corrected chi connectivity index (χ2v) is 18.9. The van der Waals surface area contributed by atoms with Crippen LogP contribution in [0.15, 0.2) is 60.8 Å². The Kier molecular flexibility index (Phi) is 41.4. The van der Waals surface area contributed by atoms with Crippen molar-refractivity contribution in [2.75, 3.05) is 47.5 Å². The second-order valence-electron chi connectivity index (χ2n) is 17.5. The fourth-order valence-electron chi connectivity index (χ4n) is 6.39. The molecule has 1 N–H and O–H groups in total. The molecule has 0 saturated heterocycles. The van der Waals surface area contributed by atoms with Gasteiger partial charge in [-0.1, -0.05) is 171 Å². The Bertz CT molecular complexity index is 1220. The number of esters is 2. The number of ether oxygens (including phenoxy) is 2. The monoisotopic (exact) mass is 879 g/mol. The van der Waals surface area contributed by atoms with Crippen LogP contribution in [-0.2, 0) is 32.7 Å². The van der Waals surface area contributed by atoms with E-state index in [4.69, 9.17) is 18.5 Å². The van der Waals surface area contributed by atoms with E-state index in [0.717, 1.165) is 89.9 Å². The minimum Gasteiger partial charge on any atom is -0.462 e. The van der Waals surface area contributed by atoms with Crippen LogP contribution >= 0.6 is 7.82 Å². The van der Waals surface area contributed by atoms with Gasteiger partial charge in [-0.2, -0.15) is 0 Å². The second kappa shape index (κ2) is 43.0. The molecule has 0 aliphatic heterocycles. The molecule has 61 heavy (non-hydrogen) atoms. The van der Waals surface area contributed by atoms with Crippen molar-refractivity contribution in [1.82, 2.24) is 0 Å². The Hall–Kier alpha value is -2.29.